The summed E-state index contributed by atoms with van der Waals surface area (Å²) in [7, 11) is 1.93. The number of amides is 1. The Morgan fingerprint density at radius 2 is 1.88 bits per heavy atom. The van der Waals surface area contributed by atoms with Gasteiger partial charge in [-0.2, -0.15) is 0 Å². The van der Waals surface area contributed by atoms with Crippen LogP contribution in [0.1, 0.15) is 26.7 Å². The van der Waals surface area contributed by atoms with E-state index in [2.05, 4.69) is 24.1 Å². The van der Waals surface area contributed by atoms with Gasteiger partial charge >= 0.3 is 0 Å². The second-order valence-corrected chi connectivity index (χ2v) is 4.50. The topological polar surface area (TPSA) is 35.6 Å². The first kappa shape index (κ1) is 13.5. The van der Waals surface area contributed by atoms with E-state index in [-0.39, 0.29) is 5.91 Å². The quantitative estimate of drug-likeness (QED) is 0.744. The molecular formula is C12H25N3O. The van der Waals surface area contributed by atoms with Gasteiger partial charge in [-0.05, 0) is 12.8 Å². The van der Waals surface area contributed by atoms with Crippen LogP contribution in [0.3, 0.4) is 0 Å². The molecule has 1 heterocycles. The van der Waals surface area contributed by atoms with Gasteiger partial charge in [-0.25, -0.2) is 0 Å². The van der Waals surface area contributed by atoms with E-state index in [0.717, 1.165) is 39.0 Å². The molecule has 4 heteroatoms. The van der Waals surface area contributed by atoms with Crippen LogP contribution in [0.25, 0.3) is 0 Å². The summed E-state index contributed by atoms with van der Waals surface area (Å²) in [6, 6.07) is 0.399. The van der Waals surface area contributed by atoms with Crippen molar-refractivity contribution in [3.05, 3.63) is 0 Å². The fourth-order valence-electron chi connectivity index (χ4n) is 2.21. The summed E-state index contributed by atoms with van der Waals surface area (Å²) >= 11 is 0. The average molecular weight is 227 g/mol. The number of carbonyl (C=O) groups is 1. The molecule has 0 atom stereocenters. The molecule has 1 aliphatic rings. The summed E-state index contributed by atoms with van der Waals surface area (Å²) in [6.07, 6.45) is 2.08. The van der Waals surface area contributed by atoms with E-state index in [4.69, 9.17) is 0 Å². The molecule has 0 radical (unpaired) electrons. The van der Waals surface area contributed by atoms with Crippen molar-refractivity contribution < 1.29 is 4.79 Å². The Hall–Kier alpha value is -0.610. The minimum Gasteiger partial charge on any atom is -0.342 e. The molecule has 16 heavy (non-hydrogen) atoms. The molecule has 1 N–H and O–H groups in total. The molecule has 94 valence electrons. The van der Waals surface area contributed by atoms with Gasteiger partial charge in [0.1, 0.15) is 0 Å². The highest BCUT2D eigenvalue weighted by molar-refractivity contribution is 5.78. The monoisotopic (exact) mass is 227 g/mol. The smallest absolute Gasteiger partial charge is 0.236 e. The van der Waals surface area contributed by atoms with Gasteiger partial charge in [-0.1, -0.05) is 13.8 Å². The Morgan fingerprint density at radius 3 is 2.38 bits per heavy atom. The lowest BCUT2D eigenvalue weighted by Crippen LogP contribution is -2.49. The number of piperazine rings is 1. The highest BCUT2D eigenvalue weighted by Crippen LogP contribution is 2.07. The summed E-state index contributed by atoms with van der Waals surface area (Å²) in [5.41, 5.74) is 0. The van der Waals surface area contributed by atoms with Crippen molar-refractivity contribution in [2.45, 2.75) is 32.7 Å². The van der Waals surface area contributed by atoms with Gasteiger partial charge in [-0.15, -0.1) is 0 Å². The van der Waals surface area contributed by atoms with Crippen molar-refractivity contribution in [2.24, 2.45) is 0 Å². The van der Waals surface area contributed by atoms with Gasteiger partial charge in [-0.3, -0.25) is 9.69 Å². The number of nitrogens with zero attached hydrogens (tertiary/aromatic N) is 2. The predicted molar refractivity (Wildman–Crippen MR) is 66.4 cm³/mol. The first-order chi connectivity index (χ1) is 7.69. The SMILES string of the molecule is CCC(CC)N(C)C(=O)CN1CCNCC1. The number of hydrogen-bond donors (Lipinski definition) is 1. The fraction of sp³-hybridized carbons (Fsp3) is 0.917. The normalized spacial score (nSPS) is 17.8. The van der Waals surface area contributed by atoms with Crippen LogP contribution in [0.15, 0.2) is 0 Å². The lowest BCUT2D eigenvalue weighted by molar-refractivity contribution is -0.133. The van der Waals surface area contributed by atoms with Crippen molar-refractivity contribution in [3.63, 3.8) is 0 Å². The summed E-state index contributed by atoms with van der Waals surface area (Å²) in [5.74, 6) is 0.260. The lowest BCUT2D eigenvalue weighted by Gasteiger charge is -2.31. The standard InChI is InChI=1S/C12H25N3O/c1-4-11(5-2)14(3)12(16)10-15-8-6-13-7-9-15/h11,13H,4-10H2,1-3H3. The van der Waals surface area contributed by atoms with Crippen molar-refractivity contribution in [3.8, 4) is 0 Å². The molecule has 0 aromatic carbocycles. The van der Waals surface area contributed by atoms with Crippen LogP contribution in [-0.4, -0.2) is 61.5 Å². The van der Waals surface area contributed by atoms with E-state index in [1.807, 2.05) is 11.9 Å². The van der Waals surface area contributed by atoms with Crippen LogP contribution in [0.4, 0.5) is 0 Å². The molecule has 1 rings (SSSR count). The van der Waals surface area contributed by atoms with E-state index in [0.29, 0.717) is 12.6 Å². The molecule has 1 aliphatic heterocycles. The maximum atomic E-state index is 12.0. The third-order valence-electron chi connectivity index (χ3n) is 3.45. The largest absolute Gasteiger partial charge is 0.342 e. The minimum atomic E-state index is 0.260. The zero-order valence-electron chi connectivity index (χ0n) is 10.8. The number of hydrogen-bond acceptors (Lipinski definition) is 3. The highest BCUT2D eigenvalue weighted by atomic mass is 16.2. The molecule has 0 unspecified atom stereocenters. The third-order valence-corrected chi connectivity index (χ3v) is 3.45. The number of carbonyl (C=O) groups excluding carboxylic acids is 1. The number of likely N-dealkylation sites (N-methyl/N-ethyl adjacent to an activating group) is 1. The van der Waals surface area contributed by atoms with Gasteiger partial charge in [0, 0.05) is 39.3 Å². The van der Waals surface area contributed by atoms with E-state index >= 15 is 0 Å². The first-order valence-electron chi connectivity index (χ1n) is 6.37. The van der Waals surface area contributed by atoms with Crippen molar-refractivity contribution >= 4 is 5.91 Å². The summed E-state index contributed by atoms with van der Waals surface area (Å²) in [6.45, 7) is 8.84. The van der Waals surface area contributed by atoms with E-state index in [1.54, 1.807) is 0 Å². The van der Waals surface area contributed by atoms with Gasteiger partial charge in [0.2, 0.25) is 5.91 Å². The van der Waals surface area contributed by atoms with E-state index in [1.165, 1.54) is 0 Å². The van der Waals surface area contributed by atoms with Crippen LogP contribution in [0.2, 0.25) is 0 Å². The number of rotatable bonds is 5. The first-order valence-corrected chi connectivity index (χ1v) is 6.37. The average Bonchev–Trinajstić information content (AvgIpc) is 2.31. The van der Waals surface area contributed by atoms with Crippen LogP contribution in [-0.2, 0) is 4.79 Å². The molecule has 4 nitrogen and oxygen atoms in total. The molecule has 1 fully saturated rings. The molecular weight excluding hydrogens is 202 g/mol. The van der Waals surface area contributed by atoms with Crippen molar-refractivity contribution in [1.82, 2.24) is 15.1 Å². The molecule has 0 bridgehead atoms. The zero-order chi connectivity index (χ0) is 12.0. The Bertz CT molecular complexity index is 210. The Kier molecular flexibility index (Phi) is 5.77. The van der Waals surface area contributed by atoms with E-state index < -0.39 is 0 Å². The predicted octanol–water partition coefficient (Wildman–Crippen LogP) is 0.539. The Labute approximate surface area is 99.0 Å². The zero-order valence-corrected chi connectivity index (χ0v) is 10.8. The molecule has 0 aromatic heterocycles. The van der Waals surface area contributed by atoms with Crippen molar-refractivity contribution in [1.29, 1.82) is 0 Å². The number of nitrogens with one attached hydrogen (secondary N) is 1. The maximum absolute atomic E-state index is 12.0. The summed E-state index contributed by atoms with van der Waals surface area (Å²) < 4.78 is 0. The Morgan fingerprint density at radius 1 is 1.31 bits per heavy atom. The molecule has 0 aliphatic carbocycles. The summed E-state index contributed by atoms with van der Waals surface area (Å²) in [5, 5.41) is 3.30. The van der Waals surface area contributed by atoms with Crippen LogP contribution >= 0.6 is 0 Å². The van der Waals surface area contributed by atoms with Gasteiger partial charge in [0.15, 0.2) is 0 Å². The molecule has 0 aromatic rings. The third kappa shape index (κ3) is 3.76. The highest BCUT2D eigenvalue weighted by Gasteiger charge is 2.20. The van der Waals surface area contributed by atoms with Crippen LogP contribution in [0.5, 0.6) is 0 Å². The van der Waals surface area contributed by atoms with Crippen LogP contribution < -0.4 is 5.32 Å². The van der Waals surface area contributed by atoms with Gasteiger partial charge in [0.05, 0.1) is 6.54 Å². The van der Waals surface area contributed by atoms with Crippen molar-refractivity contribution in [2.75, 3.05) is 39.8 Å². The van der Waals surface area contributed by atoms with Gasteiger partial charge in [0.25, 0.3) is 0 Å². The minimum absolute atomic E-state index is 0.260. The van der Waals surface area contributed by atoms with Gasteiger partial charge < -0.3 is 10.2 Å². The molecule has 0 spiro atoms. The molecule has 1 amide bonds. The maximum Gasteiger partial charge on any atom is 0.236 e. The van der Waals surface area contributed by atoms with Crippen LogP contribution in [0, 0.1) is 0 Å². The second kappa shape index (κ2) is 6.86. The molecule has 1 saturated heterocycles. The second-order valence-electron chi connectivity index (χ2n) is 4.50. The fourth-order valence-corrected chi connectivity index (χ4v) is 2.21. The lowest BCUT2D eigenvalue weighted by atomic mass is 10.1. The summed E-state index contributed by atoms with van der Waals surface area (Å²) in [4.78, 5) is 16.2. The van der Waals surface area contributed by atoms with E-state index in [9.17, 15) is 4.79 Å². The Balaban J connectivity index is 2.37. The molecule has 0 saturated carbocycles.